The second kappa shape index (κ2) is 9.30. The highest BCUT2D eigenvalue weighted by Gasteiger charge is 2.46. The predicted octanol–water partition coefficient (Wildman–Crippen LogP) is 3.90. The molecule has 1 aliphatic rings. The van der Waals surface area contributed by atoms with Gasteiger partial charge in [-0.25, -0.2) is 4.39 Å². The molecule has 1 atom stereocenters. The fourth-order valence-corrected chi connectivity index (χ4v) is 4.14. The van der Waals surface area contributed by atoms with E-state index in [0.717, 1.165) is 0 Å². The Morgan fingerprint density at radius 2 is 1.94 bits per heavy atom. The molecule has 3 aromatic rings. The number of rotatable bonds is 6. The summed E-state index contributed by atoms with van der Waals surface area (Å²) in [6, 6.07) is 11.0. The van der Waals surface area contributed by atoms with Crippen LogP contribution in [0.25, 0.3) is 11.3 Å². The molecule has 1 fully saturated rings. The standard InChI is InChI=1S/C24H24FN3O4/c1-2-31-23(30)24(10-3-13-28(16-24)22(29)18-8-11-26-12-9-18)15-20-14-21(27-32-20)17-4-6-19(25)7-5-17/h4-9,11-12,14H,2-3,10,13,15-16H2,1H3. The molecule has 4 rings (SSSR count). The molecular weight excluding hydrogens is 413 g/mol. The van der Waals surface area contributed by atoms with Crippen LogP contribution in [-0.4, -0.2) is 46.6 Å². The van der Waals surface area contributed by atoms with Crippen molar-refractivity contribution in [2.24, 2.45) is 5.41 Å². The number of halogens is 1. The molecule has 0 N–H and O–H groups in total. The number of aromatic nitrogens is 2. The van der Waals surface area contributed by atoms with Gasteiger partial charge in [0, 0.05) is 49.1 Å². The zero-order valence-electron chi connectivity index (χ0n) is 17.8. The molecule has 2 aromatic heterocycles. The van der Waals surface area contributed by atoms with Crippen LogP contribution < -0.4 is 0 Å². The lowest BCUT2D eigenvalue weighted by Gasteiger charge is -2.40. The average Bonchev–Trinajstić information content (AvgIpc) is 3.28. The third-order valence-corrected chi connectivity index (χ3v) is 5.71. The molecule has 0 bridgehead atoms. The first-order valence-electron chi connectivity index (χ1n) is 10.6. The third-order valence-electron chi connectivity index (χ3n) is 5.71. The van der Waals surface area contributed by atoms with Crippen molar-refractivity contribution in [2.45, 2.75) is 26.2 Å². The van der Waals surface area contributed by atoms with Crippen LogP contribution in [-0.2, 0) is 16.0 Å². The number of nitrogens with zero attached hydrogens (tertiary/aromatic N) is 3. The van der Waals surface area contributed by atoms with Gasteiger partial charge in [-0.3, -0.25) is 14.6 Å². The summed E-state index contributed by atoms with van der Waals surface area (Å²) in [5.74, 6) is -0.326. The van der Waals surface area contributed by atoms with Crippen molar-refractivity contribution in [3.8, 4) is 11.3 Å². The molecule has 0 saturated carbocycles. The van der Waals surface area contributed by atoms with Gasteiger partial charge in [-0.15, -0.1) is 0 Å². The number of ether oxygens (including phenoxy) is 1. The number of pyridine rings is 1. The molecule has 1 aromatic carbocycles. The maximum absolute atomic E-state index is 13.2. The zero-order valence-corrected chi connectivity index (χ0v) is 17.8. The van der Waals surface area contributed by atoms with Gasteiger partial charge in [0.1, 0.15) is 17.3 Å². The Balaban J connectivity index is 1.59. The topological polar surface area (TPSA) is 85.5 Å². The second-order valence-electron chi connectivity index (χ2n) is 7.93. The Bertz CT molecular complexity index is 1080. The molecule has 0 aliphatic carbocycles. The average molecular weight is 437 g/mol. The van der Waals surface area contributed by atoms with Crippen molar-refractivity contribution in [1.82, 2.24) is 15.0 Å². The first-order valence-corrected chi connectivity index (χ1v) is 10.6. The van der Waals surface area contributed by atoms with Gasteiger partial charge in [0.2, 0.25) is 0 Å². The van der Waals surface area contributed by atoms with Gasteiger partial charge in [0.25, 0.3) is 5.91 Å². The van der Waals surface area contributed by atoms with E-state index < -0.39 is 5.41 Å². The normalized spacial score (nSPS) is 18.4. The highest BCUT2D eigenvalue weighted by Crippen LogP contribution is 2.36. The molecule has 1 aliphatic heterocycles. The van der Waals surface area contributed by atoms with E-state index in [0.29, 0.717) is 42.0 Å². The largest absolute Gasteiger partial charge is 0.466 e. The number of hydrogen-bond donors (Lipinski definition) is 0. The van der Waals surface area contributed by atoms with Crippen molar-refractivity contribution in [3.05, 3.63) is 72.0 Å². The van der Waals surface area contributed by atoms with Crippen molar-refractivity contribution >= 4 is 11.9 Å². The predicted molar refractivity (Wildman–Crippen MR) is 114 cm³/mol. The molecule has 3 heterocycles. The summed E-state index contributed by atoms with van der Waals surface area (Å²) in [7, 11) is 0. The van der Waals surface area contributed by atoms with Crippen LogP contribution in [0, 0.1) is 11.2 Å². The Kier molecular flexibility index (Phi) is 6.30. The lowest BCUT2D eigenvalue weighted by atomic mass is 9.76. The van der Waals surface area contributed by atoms with Crippen LogP contribution in [0.1, 0.15) is 35.9 Å². The number of benzene rings is 1. The van der Waals surface area contributed by atoms with Crippen LogP contribution in [0.5, 0.6) is 0 Å². The Morgan fingerprint density at radius 3 is 2.66 bits per heavy atom. The smallest absolute Gasteiger partial charge is 0.314 e. The van der Waals surface area contributed by atoms with E-state index in [9.17, 15) is 14.0 Å². The van der Waals surface area contributed by atoms with E-state index in [4.69, 9.17) is 9.26 Å². The van der Waals surface area contributed by atoms with Crippen molar-refractivity contribution in [2.75, 3.05) is 19.7 Å². The van der Waals surface area contributed by atoms with Gasteiger partial charge in [-0.2, -0.15) is 0 Å². The van der Waals surface area contributed by atoms with Gasteiger partial charge in [-0.05, 0) is 56.2 Å². The van der Waals surface area contributed by atoms with Gasteiger partial charge < -0.3 is 14.2 Å². The lowest BCUT2D eigenvalue weighted by molar-refractivity contribution is -0.158. The van der Waals surface area contributed by atoms with E-state index in [1.807, 2.05) is 0 Å². The molecule has 1 saturated heterocycles. The van der Waals surface area contributed by atoms with Gasteiger partial charge in [0.05, 0.1) is 12.0 Å². The summed E-state index contributed by atoms with van der Waals surface area (Å²) >= 11 is 0. The number of hydrogen-bond acceptors (Lipinski definition) is 6. The number of carbonyl (C=O) groups excluding carboxylic acids is 2. The van der Waals surface area contributed by atoms with Crippen LogP contribution in [0.15, 0.2) is 59.4 Å². The highest BCUT2D eigenvalue weighted by molar-refractivity contribution is 5.94. The van der Waals surface area contributed by atoms with E-state index in [-0.39, 0.29) is 37.3 Å². The van der Waals surface area contributed by atoms with Gasteiger partial charge in [-0.1, -0.05) is 5.16 Å². The Labute approximate surface area is 185 Å². The molecule has 0 spiro atoms. The minimum absolute atomic E-state index is 0.148. The van der Waals surface area contributed by atoms with Crippen molar-refractivity contribution in [1.29, 1.82) is 0 Å². The van der Waals surface area contributed by atoms with E-state index in [2.05, 4.69) is 10.1 Å². The lowest BCUT2D eigenvalue weighted by Crippen LogP contribution is -2.51. The summed E-state index contributed by atoms with van der Waals surface area (Å²) in [5, 5.41) is 4.08. The second-order valence-corrected chi connectivity index (χ2v) is 7.93. The first kappa shape index (κ1) is 21.7. The molecule has 7 nitrogen and oxygen atoms in total. The zero-order chi connectivity index (χ0) is 22.6. The Hall–Kier alpha value is -3.55. The van der Waals surface area contributed by atoms with Gasteiger partial charge in [0.15, 0.2) is 0 Å². The van der Waals surface area contributed by atoms with Crippen LogP contribution in [0.4, 0.5) is 4.39 Å². The maximum Gasteiger partial charge on any atom is 0.314 e. The number of carbonyl (C=O) groups is 2. The monoisotopic (exact) mass is 437 g/mol. The first-order chi connectivity index (χ1) is 15.5. The molecular formula is C24H24FN3O4. The summed E-state index contributed by atoms with van der Waals surface area (Å²) in [6.07, 6.45) is 4.62. The molecule has 1 unspecified atom stereocenters. The number of amides is 1. The van der Waals surface area contributed by atoms with E-state index >= 15 is 0 Å². The Morgan fingerprint density at radius 1 is 1.19 bits per heavy atom. The van der Waals surface area contributed by atoms with Crippen LogP contribution in [0.2, 0.25) is 0 Å². The van der Waals surface area contributed by atoms with Crippen molar-refractivity contribution in [3.63, 3.8) is 0 Å². The minimum atomic E-state index is -0.934. The SMILES string of the molecule is CCOC(=O)C1(Cc2cc(-c3ccc(F)cc3)no2)CCCN(C(=O)c2ccncc2)C1. The molecule has 1 amide bonds. The summed E-state index contributed by atoms with van der Waals surface area (Å²) in [6.45, 7) is 2.78. The summed E-state index contributed by atoms with van der Waals surface area (Å²) in [5.41, 5.74) is 0.860. The van der Waals surface area contributed by atoms with Crippen molar-refractivity contribution < 1.29 is 23.2 Å². The molecule has 0 radical (unpaired) electrons. The quantitative estimate of drug-likeness (QED) is 0.544. The van der Waals surface area contributed by atoms with Crippen LogP contribution >= 0.6 is 0 Å². The van der Waals surface area contributed by atoms with Gasteiger partial charge >= 0.3 is 5.97 Å². The highest BCUT2D eigenvalue weighted by atomic mass is 19.1. The number of esters is 1. The fourth-order valence-electron chi connectivity index (χ4n) is 4.14. The van der Waals surface area contributed by atoms with E-state index in [1.165, 1.54) is 12.1 Å². The minimum Gasteiger partial charge on any atom is -0.466 e. The number of likely N-dealkylation sites (tertiary alicyclic amines) is 1. The number of piperidine rings is 1. The summed E-state index contributed by atoms with van der Waals surface area (Å²) < 4.78 is 24.1. The molecule has 166 valence electrons. The fraction of sp³-hybridized carbons (Fsp3) is 0.333. The van der Waals surface area contributed by atoms with E-state index in [1.54, 1.807) is 54.5 Å². The molecule has 32 heavy (non-hydrogen) atoms. The molecule has 8 heteroatoms. The summed E-state index contributed by atoms with van der Waals surface area (Å²) in [4.78, 5) is 31.7. The third kappa shape index (κ3) is 4.54. The van der Waals surface area contributed by atoms with Crippen LogP contribution in [0.3, 0.4) is 0 Å². The maximum atomic E-state index is 13.2.